The van der Waals surface area contributed by atoms with E-state index in [4.69, 9.17) is 4.74 Å². The number of hydrogen-bond donors (Lipinski definition) is 1. The highest BCUT2D eigenvalue weighted by Crippen LogP contribution is 2.44. The number of sulfonamides is 1. The Morgan fingerprint density at radius 1 is 0.824 bits per heavy atom. The minimum atomic E-state index is -3.94. The molecule has 1 unspecified atom stereocenters. The van der Waals surface area contributed by atoms with E-state index in [2.05, 4.69) is 4.72 Å². The molecule has 34 heavy (non-hydrogen) atoms. The van der Waals surface area contributed by atoms with Gasteiger partial charge in [0.1, 0.15) is 5.76 Å². The number of rotatable bonds is 6. The molecule has 0 radical (unpaired) electrons. The van der Waals surface area contributed by atoms with Crippen LogP contribution in [-0.2, 0) is 19.6 Å². The first kappa shape index (κ1) is 23.5. The first-order valence-electron chi connectivity index (χ1n) is 11.0. The molecule has 1 aliphatic rings. The van der Waals surface area contributed by atoms with Crippen molar-refractivity contribution in [3.63, 3.8) is 0 Å². The maximum Gasteiger partial charge on any atom is 0.261 e. The third-order valence-electron chi connectivity index (χ3n) is 5.81. The zero-order valence-electron chi connectivity index (χ0n) is 19.6. The predicted molar refractivity (Wildman–Crippen MR) is 133 cm³/mol. The Kier molecular flexibility index (Phi) is 6.44. The molecule has 0 bridgehead atoms. The van der Waals surface area contributed by atoms with Crippen molar-refractivity contribution in [2.75, 3.05) is 0 Å². The smallest absolute Gasteiger partial charge is 0.261 e. The molecular formula is C28H27NO4S. The molecule has 1 N–H and O–H groups in total. The molecule has 174 valence electrons. The van der Waals surface area contributed by atoms with Gasteiger partial charge in [0.25, 0.3) is 10.0 Å². The minimum Gasteiger partial charge on any atom is -0.485 e. The van der Waals surface area contributed by atoms with Crippen molar-refractivity contribution in [1.82, 2.24) is 4.72 Å². The van der Waals surface area contributed by atoms with Crippen molar-refractivity contribution in [3.8, 4) is 0 Å². The first-order valence-corrected chi connectivity index (χ1v) is 12.5. The van der Waals surface area contributed by atoms with Crippen LogP contribution in [0.5, 0.6) is 0 Å². The highest BCUT2D eigenvalue weighted by Gasteiger charge is 2.37. The molecule has 0 aromatic heterocycles. The van der Waals surface area contributed by atoms with Crippen molar-refractivity contribution in [2.45, 2.75) is 38.7 Å². The largest absolute Gasteiger partial charge is 0.485 e. The number of carbonyl (C=O) groups is 1. The summed E-state index contributed by atoms with van der Waals surface area (Å²) in [7, 11) is -3.94. The van der Waals surface area contributed by atoms with Crippen molar-refractivity contribution in [3.05, 3.63) is 118 Å². The zero-order valence-corrected chi connectivity index (χ0v) is 20.4. The minimum absolute atomic E-state index is 0.142. The second-order valence-electron chi connectivity index (χ2n) is 8.47. The van der Waals surface area contributed by atoms with E-state index in [1.807, 2.05) is 68.4 Å². The quantitative estimate of drug-likeness (QED) is 0.504. The number of Topliss-reactive ketones (excluding diaryl/α,β-unsaturated/α-hetero) is 1. The van der Waals surface area contributed by atoms with Gasteiger partial charge in [0.2, 0.25) is 0 Å². The van der Waals surface area contributed by atoms with E-state index in [0.717, 1.165) is 16.7 Å². The maximum atomic E-state index is 13.4. The van der Waals surface area contributed by atoms with Gasteiger partial charge in [0, 0.05) is 5.57 Å². The van der Waals surface area contributed by atoms with E-state index in [1.165, 1.54) is 6.92 Å². The molecule has 0 fully saturated rings. The van der Waals surface area contributed by atoms with Gasteiger partial charge in [0.05, 0.1) is 16.2 Å². The summed E-state index contributed by atoms with van der Waals surface area (Å²) in [6.07, 6.45) is -0.629. The Morgan fingerprint density at radius 2 is 1.38 bits per heavy atom. The predicted octanol–water partition coefficient (Wildman–Crippen LogP) is 5.63. The third kappa shape index (κ3) is 4.68. The lowest BCUT2D eigenvalue weighted by atomic mass is 9.90. The van der Waals surface area contributed by atoms with Crippen LogP contribution < -0.4 is 4.72 Å². The van der Waals surface area contributed by atoms with Crippen LogP contribution in [0.15, 0.2) is 101 Å². The summed E-state index contributed by atoms with van der Waals surface area (Å²) in [4.78, 5) is 12.9. The Labute approximate surface area is 200 Å². The number of ether oxygens (including phenoxy) is 1. The average molecular weight is 474 g/mol. The summed E-state index contributed by atoms with van der Waals surface area (Å²) in [5.74, 6) is 0.279. The molecule has 3 aromatic carbocycles. The van der Waals surface area contributed by atoms with Crippen molar-refractivity contribution in [1.29, 1.82) is 0 Å². The lowest BCUT2D eigenvalue weighted by molar-refractivity contribution is -0.113. The Morgan fingerprint density at radius 3 is 1.94 bits per heavy atom. The number of hydrogen-bond acceptors (Lipinski definition) is 4. The monoisotopic (exact) mass is 473 g/mol. The van der Waals surface area contributed by atoms with Crippen LogP contribution in [0.4, 0.5) is 0 Å². The fourth-order valence-corrected chi connectivity index (χ4v) is 5.18. The summed E-state index contributed by atoms with van der Waals surface area (Å²) in [6.45, 7) is 7.10. The van der Waals surface area contributed by atoms with Crippen LogP contribution in [-0.4, -0.2) is 14.2 Å². The highest BCUT2D eigenvalue weighted by atomic mass is 32.2. The molecule has 0 spiro atoms. The van der Waals surface area contributed by atoms with Crippen LogP contribution in [0.2, 0.25) is 0 Å². The van der Waals surface area contributed by atoms with Gasteiger partial charge in [-0.3, -0.25) is 9.52 Å². The number of benzene rings is 3. The molecule has 5 nitrogen and oxygen atoms in total. The zero-order chi connectivity index (χ0) is 24.5. The third-order valence-corrected chi connectivity index (χ3v) is 7.18. The SMILES string of the molecule is CC(=O)C1=C(C)OC(c2ccc(C)cc2)/C1=C(/NS(=O)(=O)c1ccc(C)cc1)c1ccccc1. The van der Waals surface area contributed by atoms with Crippen molar-refractivity contribution >= 4 is 21.5 Å². The molecule has 1 heterocycles. The molecule has 0 saturated carbocycles. The summed E-state index contributed by atoms with van der Waals surface area (Å²) < 4.78 is 35.9. The van der Waals surface area contributed by atoms with E-state index < -0.39 is 16.1 Å². The van der Waals surface area contributed by atoms with Crippen LogP contribution >= 0.6 is 0 Å². The molecule has 0 aliphatic carbocycles. The van der Waals surface area contributed by atoms with Crippen LogP contribution in [0.25, 0.3) is 5.70 Å². The van der Waals surface area contributed by atoms with Gasteiger partial charge in [-0.1, -0.05) is 77.9 Å². The van der Waals surface area contributed by atoms with Crippen molar-refractivity contribution in [2.24, 2.45) is 0 Å². The topological polar surface area (TPSA) is 72.5 Å². The number of ketones is 1. The average Bonchev–Trinajstić information content (AvgIpc) is 3.16. The molecule has 1 aliphatic heterocycles. The van der Waals surface area contributed by atoms with Gasteiger partial charge < -0.3 is 4.74 Å². The molecule has 1 atom stereocenters. The molecule has 4 rings (SSSR count). The maximum absolute atomic E-state index is 13.4. The first-order chi connectivity index (χ1) is 16.2. The highest BCUT2D eigenvalue weighted by molar-refractivity contribution is 7.89. The second-order valence-corrected chi connectivity index (χ2v) is 10.2. The van der Waals surface area contributed by atoms with Gasteiger partial charge >= 0.3 is 0 Å². The molecule has 3 aromatic rings. The van der Waals surface area contributed by atoms with Gasteiger partial charge in [-0.05, 0) is 51.0 Å². The number of aryl methyl sites for hydroxylation is 2. The summed E-state index contributed by atoms with van der Waals surface area (Å²) in [5.41, 5.74) is 4.75. The van der Waals surface area contributed by atoms with Crippen LogP contribution in [0, 0.1) is 13.8 Å². The standard InChI is InChI=1S/C28H27NO4S/c1-18-10-14-23(15-11-18)28-26(25(20(3)30)21(4)33-28)27(22-8-6-5-7-9-22)29-34(31,32)24-16-12-19(2)13-17-24/h5-17,28-29H,1-4H3/b27-26+. The Balaban J connectivity index is 1.96. The van der Waals surface area contributed by atoms with Gasteiger partial charge in [-0.2, -0.15) is 0 Å². The van der Waals surface area contributed by atoms with E-state index in [0.29, 0.717) is 28.2 Å². The van der Waals surface area contributed by atoms with E-state index in [-0.39, 0.29) is 10.7 Å². The summed E-state index contributed by atoms with van der Waals surface area (Å²) in [5, 5.41) is 0. The normalized spacial score (nSPS) is 17.4. The molecular weight excluding hydrogens is 446 g/mol. The fourth-order valence-electron chi connectivity index (χ4n) is 4.07. The molecule has 0 saturated heterocycles. The molecule has 0 amide bonds. The van der Waals surface area contributed by atoms with Crippen LogP contribution in [0.1, 0.15) is 42.2 Å². The van der Waals surface area contributed by atoms with Gasteiger partial charge in [-0.25, -0.2) is 8.42 Å². The number of allylic oxidation sites excluding steroid dienone is 1. The fraction of sp³-hybridized carbons (Fsp3) is 0.179. The van der Waals surface area contributed by atoms with Gasteiger partial charge in [0.15, 0.2) is 11.9 Å². The summed E-state index contributed by atoms with van der Waals surface area (Å²) >= 11 is 0. The Bertz CT molecular complexity index is 1390. The summed E-state index contributed by atoms with van der Waals surface area (Å²) in [6, 6.07) is 23.6. The number of carbonyl (C=O) groups excluding carboxylic acids is 1. The van der Waals surface area contributed by atoms with E-state index in [9.17, 15) is 13.2 Å². The van der Waals surface area contributed by atoms with Crippen LogP contribution in [0.3, 0.4) is 0 Å². The van der Waals surface area contributed by atoms with E-state index >= 15 is 0 Å². The van der Waals surface area contributed by atoms with Crippen molar-refractivity contribution < 1.29 is 17.9 Å². The Hall–Kier alpha value is -3.64. The lowest BCUT2D eigenvalue weighted by Crippen LogP contribution is -2.25. The second kappa shape index (κ2) is 9.31. The van der Waals surface area contributed by atoms with E-state index in [1.54, 1.807) is 31.2 Å². The van der Waals surface area contributed by atoms with Gasteiger partial charge in [-0.15, -0.1) is 0 Å². The molecule has 6 heteroatoms. The number of nitrogens with one attached hydrogen (secondary N) is 1. The lowest BCUT2D eigenvalue weighted by Gasteiger charge is -2.21.